The predicted octanol–water partition coefficient (Wildman–Crippen LogP) is 4.60. The first kappa shape index (κ1) is 12.5. The number of piperidine rings is 1. The van der Waals surface area contributed by atoms with E-state index < -0.39 is 0 Å². The highest BCUT2D eigenvalue weighted by Crippen LogP contribution is 2.27. The quantitative estimate of drug-likeness (QED) is 0.664. The third kappa shape index (κ3) is 2.31. The van der Waals surface area contributed by atoms with Crippen molar-refractivity contribution in [3.8, 4) is 11.1 Å². The zero-order chi connectivity index (χ0) is 14.1. The Labute approximate surface area is 125 Å². The van der Waals surface area contributed by atoms with E-state index in [9.17, 15) is 0 Å². The van der Waals surface area contributed by atoms with Gasteiger partial charge in [0.2, 0.25) is 0 Å². The van der Waals surface area contributed by atoms with E-state index in [0.717, 1.165) is 0 Å². The monoisotopic (exact) mass is 276 g/mol. The second-order valence-corrected chi connectivity index (χ2v) is 5.82. The van der Waals surface area contributed by atoms with Crippen LogP contribution in [-0.4, -0.2) is 17.5 Å². The third-order valence-electron chi connectivity index (χ3n) is 4.40. The normalized spacial score (nSPS) is 15.5. The number of anilines is 1. The van der Waals surface area contributed by atoms with Gasteiger partial charge < -0.3 is 9.30 Å². The fourth-order valence-corrected chi connectivity index (χ4v) is 3.29. The van der Waals surface area contributed by atoms with E-state index in [1.165, 1.54) is 54.8 Å². The van der Waals surface area contributed by atoms with Crippen molar-refractivity contribution >= 4 is 11.3 Å². The van der Waals surface area contributed by atoms with E-state index in [1.807, 2.05) is 0 Å². The summed E-state index contributed by atoms with van der Waals surface area (Å²) in [6.45, 7) is 2.36. The van der Waals surface area contributed by atoms with Crippen molar-refractivity contribution in [2.45, 2.75) is 19.3 Å². The first-order chi connectivity index (χ1) is 10.4. The van der Waals surface area contributed by atoms with Crippen molar-refractivity contribution in [2.75, 3.05) is 18.0 Å². The average molecular weight is 276 g/mol. The molecule has 0 unspecified atom stereocenters. The van der Waals surface area contributed by atoms with Crippen molar-refractivity contribution in [2.24, 2.45) is 0 Å². The Kier molecular flexibility index (Phi) is 3.15. The molecule has 2 aromatic heterocycles. The lowest BCUT2D eigenvalue weighted by Crippen LogP contribution is -2.30. The number of rotatable bonds is 2. The van der Waals surface area contributed by atoms with Crippen LogP contribution < -0.4 is 4.90 Å². The molecule has 3 heterocycles. The Morgan fingerprint density at radius 1 is 0.714 bits per heavy atom. The maximum absolute atomic E-state index is 2.52. The van der Waals surface area contributed by atoms with Crippen LogP contribution in [0.25, 0.3) is 16.6 Å². The van der Waals surface area contributed by atoms with Crippen LogP contribution in [0.1, 0.15) is 19.3 Å². The number of benzene rings is 1. The topological polar surface area (TPSA) is 7.65 Å². The summed E-state index contributed by atoms with van der Waals surface area (Å²) in [7, 11) is 0. The zero-order valence-corrected chi connectivity index (χ0v) is 12.2. The molecular formula is C19H20N2. The fourth-order valence-electron chi connectivity index (χ4n) is 3.29. The number of aromatic nitrogens is 1. The van der Waals surface area contributed by atoms with Crippen LogP contribution in [-0.2, 0) is 0 Å². The molecule has 0 atom stereocenters. The van der Waals surface area contributed by atoms with E-state index in [1.54, 1.807) is 0 Å². The maximum atomic E-state index is 2.52. The molecule has 0 saturated carbocycles. The Morgan fingerprint density at radius 3 is 2.33 bits per heavy atom. The summed E-state index contributed by atoms with van der Waals surface area (Å²) in [5.41, 5.74) is 3.85. The van der Waals surface area contributed by atoms with Gasteiger partial charge in [-0.05, 0) is 43.0 Å². The molecule has 0 radical (unpaired) electrons. The summed E-state index contributed by atoms with van der Waals surface area (Å²) < 4.78 is 2.34. The Balaban J connectivity index is 1.80. The van der Waals surface area contributed by atoms with Crippen molar-refractivity contribution < 1.29 is 0 Å². The summed E-state index contributed by atoms with van der Waals surface area (Å²) in [4.78, 5) is 2.52. The maximum Gasteiger partial charge on any atom is 0.113 e. The molecule has 0 aliphatic carbocycles. The zero-order valence-electron chi connectivity index (χ0n) is 12.2. The van der Waals surface area contributed by atoms with E-state index in [-0.39, 0.29) is 0 Å². The van der Waals surface area contributed by atoms with Crippen molar-refractivity contribution in [1.82, 2.24) is 4.40 Å². The minimum Gasteiger partial charge on any atom is -0.358 e. The summed E-state index contributed by atoms with van der Waals surface area (Å²) >= 11 is 0. The van der Waals surface area contributed by atoms with Gasteiger partial charge in [-0.1, -0.05) is 36.4 Å². The molecule has 106 valence electrons. The lowest BCUT2D eigenvalue weighted by Gasteiger charge is -2.29. The lowest BCUT2D eigenvalue weighted by atomic mass is 10.1. The summed E-state index contributed by atoms with van der Waals surface area (Å²) in [5.74, 6) is 1.33. The van der Waals surface area contributed by atoms with Crippen LogP contribution >= 0.6 is 0 Å². The molecule has 0 spiro atoms. The van der Waals surface area contributed by atoms with Crippen molar-refractivity contribution in [3.05, 3.63) is 60.8 Å². The minimum atomic E-state index is 1.18. The summed E-state index contributed by atoms with van der Waals surface area (Å²) in [5, 5.41) is 0. The number of pyridine rings is 1. The third-order valence-corrected chi connectivity index (χ3v) is 4.40. The van der Waals surface area contributed by atoms with Gasteiger partial charge in [0.1, 0.15) is 5.82 Å². The first-order valence-corrected chi connectivity index (χ1v) is 7.83. The van der Waals surface area contributed by atoms with E-state index in [4.69, 9.17) is 0 Å². The summed E-state index contributed by atoms with van der Waals surface area (Å²) in [6, 6.07) is 19.5. The second kappa shape index (κ2) is 5.28. The van der Waals surface area contributed by atoms with Gasteiger partial charge in [0, 0.05) is 30.4 Å². The molecule has 1 fully saturated rings. The SMILES string of the molecule is c1ccc(-c2cc3cccc(N4CCCCC4)n3c2)cc1. The van der Waals surface area contributed by atoms with E-state index in [0.29, 0.717) is 0 Å². The molecule has 4 rings (SSSR count). The molecule has 1 aliphatic heterocycles. The standard InChI is InChI=1S/C19H20N2/c1-3-8-16(9-4-1)17-14-18-10-7-11-19(21(18)15-17)20-12-5-2-6-13-20/h1,3-4,7-11,14-15H,2,5-6,12-13H2. The molecule has 21 heavy (non-hydrogen) atoms. The fraction of sp³-hybridized carbons (Fsp3) is 0.263. The first-order valence-electron chi connectivity index (χ1n) is 7.83. The van der Waals surface area contributed by atoms with Gasteiger partial charge in [0.05, 0.1) is 0 Å². The second-order valence-electron chi connectivity index (χ2n) is 5.82. The van der Waals surface area contributed by atoms with Crippen molar-refractivity contribution in [3.63, 3.8) is 0 Å². The van der Waals surface area contributed by atoms with Crippen LogP contribution in [0.5, 0.6) is 0 Å². The number of fused-ring (bicyclic) bond motifs is 1. The van der Waals surface area contributed by atoms with E-state index >= 15 is 0 Å². The Hall–Kier alpha value is -2.22. The highest BCUT2D eigenvalue weighted by molar-refractivity contribution is 5.72. The highest BCUT2D eigenvalue weighted by Gasteiger charge is 2.14. The molecule has 1 saturated heterocycles. The molecule has 1 aliphatic rings. The minimum absolute atomic E-state index is 1.18. The number of hydrogen-bond donors (Lipinski definition) is 0. The molecular weight excluding hydrogens is 256 g/mol. The Bertz CT molecular complexity index is 737. The molecule has 0 bridgehead atoms. The van der Waals surface area contributed by atoms with Gasteiger partial charge >= 0.3 is 0 Å². The Morgan fingerprint density at radius 2 is 1.52 bits per heavy atom. The summed E-state index contributed by atoms with van der Waals surface area (Å²) in [6.07, 6.45) is 6.26. The molecule has 2 heteroatoms. The molecule has 0 N–H and O–H groups in total. The van der Waals surface area contributed by atoms with Gasteiger partial charge in [-0.3, -0.25) is 0 Å². The van der Waals surface area contributed by atoms with Gasteiger partial charge in [-0.2, -0.15) is 0 Å². The predicted molar refractivity (Wildman–Crippen MR) is 88.9 cm³/mol. The highest BCUT2D eigenvalue weighted by atomic mass is 15.2. The van der Waals surface area contributed by atoms with Crippen LogP contribution in [0, 0.1) is 0 Å². The average Bonchev–Trinajstić information content (AvgIpc) is 3.00. The van der Waals surface area contributed by atoms with Crippen molar-refractivity contribution in [1.29, 1.82) is 0 Å². The molecule has 0 amide bonds. The lowest BCUT2D eigenvalue weighted by molar-refractivity contribution is 0.572. The smallest absolute Gasteiger partial charge is 0.113 e. The number of hydrogen-bond acceptors (Lipinski definition) is 1. The number of nitrogens with zero attached hydrogens (tertiary/aromatic N) is 2. The van der Waals surface area contributed by atoms with Gasteiger partial charge in [-0.15, -0.1) is 0 Å². The van der Waals surface area contributed by atoms with Gasteiger partial charge in [0.25, 0.3) is 0 Å². The molecule has 3 aromatic rings. The van der Waals surface area contributed by atoms with Crippen LogP contribution in [0.4, 0.5) is 5.82 Å². The van der Waals surface area contributed by atoms with Gasteiger partial charge in [-0.25, -0.2) is 0 Å². The van der Waals surface area contributed by atoms with Crippen LogP contribution in [0.3, 0.4) is 0 Å². The van der Waals surface area contributed by atoms with Crippen LogP contribution in [0.15, 0.2) is 60.8 Å². The van der Waals surface area contributed by atoms with Crippen LogP contribution in [0.2, 0.25) is 0 Å². The molecule has 2 nitrogen and oxygen atoms in total. The van der Waals surface area contributed by atoms with E-state index in [2.05, 4.69) is 70.1 Å². The van der Waals surface area contributed by atoms with Gasteiger partial charge in [0.15, 0.2) is 0 Å². The molecule has 1 aromatic carbocycles. The largest absolute Gasteiger partial charge is 0.358 e.